The summed E-state index contributed by atoms with van der Waals surface area (Å²) in [6.07, 6.45) is 4.99. The molecule has 4 nitrogen and oxygen atoms in total. The van der Waals surface area contributed by atoms with Crippen LogP contribution in [0.5, 0.6) is 6.01 Å². The molecule has 0 aliphatic heterocycles. The molecule has 1 rings (SSSR count). The third-order valence-electron chi connectivity index (χ3n) is 1.34. The molecule has 0 fully saturated rings. The lowest BCUT2D eigenvalue weighted by atomic mass is 10.4. The van der Waals surface area contributed by atoms with E-state index in [1.807, 2.05) is 6.92 Å². The van der Waals surface area contributed by atoms with Crippen LogP contribution in [-0.2, 0) is 4.74 Å². The van der Waals surface area contributed by atoms with E-state index in [0.29, 0.717) is 12.6 Å². The van der Waals surface area contributed by atoms with Gasteiger partial charge in [-0.1, -0.05) is 0 Å². The van der Waals surface area contributed by atoms with Gasteiger partial charge in [-0.05, 0) is 19.1 Å². The number of methoxy groups -OCH3 is 1. The summed E-state index contributed by atoms with van der Waals surface area (Å²) in [6.45, 7) is 2.57. The second-order valence-electron chi connectivity index (χ2n) is 2.23. The first-order valence-corrected chi connectivity index (χ1v) is 4.02. The van der Waals surface area contributed by atoms with E-state index in [4.69, 9.17) is 9.47 Å². The number of rotatable bonds is 4. The fourth-order valence-electron chi connectivity index (χ4n) is 0.759. The first-order valence-electron chi connectivity index (χ1n) is 4.02. The van der Waals surface area contributed by atoms with E-state index in [9.17, 15) is 0 Å². The van der Waals surface area contributed by atoms with Gasteiger partial charge in [0.2, 0.25) is 0 Å². The van der Waals surface area contributed by atoms with Gasteiger partial charge in [-0.25, -0.2) is 4.98 Å². The average Bonchev–Trinajstić information content (AvgIpc) is 2.19. The van der Waals surface area contributed by atoms with E-state index in [2.05, 4.69) is 9.97 Å². The van der Waals surface area contributed by atoms with Crippen LogP contribution in [-0.4, -0.2) is 23.7 Å². The second-order valence-corrected chi connectivity index (χ2v) is 2.23. The van der Waals surface area contributed by atoms with Gasteiger partial charge in [-0.15, -0.1) is 0 Å². The van der Waals surface area contributed by atoms with Gasteiger partial charge in [0, 0.05) is 6.20 Å². The molecule has 4 heteroatoms. The van der Waals surface area contributed by atoms with Crippen molar-refractivity contribution in [2.24, 2.45) is 0 Å². The van der Waals surface area contributed by atoms with Gasteiger partial charge < -0.3 is 9.47 Å². The Morgan fingerprint density at radius 3 is 3.08 bits per heavy atom. The molecule has 0 aliphatic rings. The number of hydrogen-bond acceptors (Lipinski definition) is 4. The SMILES string of the molecule is CCOC=Cc1ccnc(OC)n1. The highest BCUT2D eigenvalue weighted by Gasteiger charge is 1.93. The van der Waals surface area contributed by atoms with Crippen LogP contribution in [0.4, 0.5) is 0 Å². The lowest BCUT2D eigenvalue weighted by Gasteiger charge is -1.97. The van der Waals surface area contributed by atoms with Crippen molar-refractivity contribution in [3.8, 4) is 6.01 Å². The Hall–Kier alpha value is -1.58. The van der Waals surface area contributed by atoms with Crippen molar-refractivity contribution in [1.82, 2.24) is 9.97 Å². The fraction of sp³-hybridized carbons (Fsp3) is 0.333. The Kier molecular flexibility index (Phi) is 3.75. The maximum Gasteiger partial charge on any atom is 0.316 e. The molecule has 1 heterocycles. The molecule has 0 radical (unpaired) electrons. The minimum Gasteiger partial charge on any atom is -0.501 e. The van der Waals surface area contributed by atoms with Crippen LogP contribution in [0.1, 0.15) is 12.6 Å². The summed E-state index contributed by atoms with van der Waals surface area (Å²) < 4.78 is 9.89. The standard InChI is InChI=1S/C9H12N2O2/c1-3-13-7-5-8-4-6-10-9(11-8)12-2/h4-7H,3H2,1-2H3. The molecule has 1 aromatic heterocycles. The summed E-state index contributed by atoms with van der Waals surface area (Å²) in [6, 6.07) is 2.14. The van der Waals surface area contributed by atoms with Crippen molar-refractivity contribution >= 4 is 6.08 Å². The lowest BCUT2D eigenvalue weighted by Crippen LogP contribution is -1.92. The lowest BCUT2D eigenvalue weighted by molar-refractivity contribution is 0.272. The van der Waals surface area contributed by atoms with Crippen molar-refractivity contribution in [2.45, 2.75) is 6.92 Å². The van der Waals surface area contributed by atoms with Gasteiger partial charge >= 0.3 is 6.01 Å². The molecule has 0 saturated carbocycles. The quantitative estimate of drug-likeness (QED) is 0.658. The highest BCUT2D eigenvalue weighted by molar-refractivity contribution is 5.42. The van der Waals surface area contributed by atoms with Gasteiger partial charge in [-0.2, -0.15) is 4.98 Å². The molecule has 1 aromatic rings. The van der Waals surface area contributed by atoms with Crippen LogP contribution in [0.2, 0.25) is 0 Å². The molecular weight excluding hydrogens is 168 g/mol. The summed E-state index contributed by atoms with van der Waals surface area (Å²) in [5.74, 6) is 0. The van der Waals surface area contributed by atoms with Crippen molar-refractivity contribution in [1.29, 1.82) is 0 Å². The molecule has 0 bridgehead atoms. The number of hydrogen-bond donors (Lipinski definition) is 0. The van der Waals surface area contributed by atoms with E-state index in [0.717, 1.165) is 5.69 Å². The van der Waals surface area contributed by atoms with E-state index >= 15 is 0 Å². The minimum absolute atomic E-state index is 0.360. The number of nitrogens with zero attached hydrogens (tertiary/aromatic N) is 2. The minimum atomic E-state index is 0.360. The fourth-order valence-corrected chi connectivity index (χ4v) is 0.759. The Morgan fingerprint density at radius 2 is 2.38 bits per heavy atom. The van der Waals surface area contributed by atoms with E-state index < -0.39 is 0 Å². The van der Waals surface area contributed by atoms with E-state index in [-0.39, 0.29) is 0 Å². The van der Waals surface area contributed by atoms with Crippen molar-refractivity contribution < 1.29 is 9.47 Å². The molecule has 70 valence electrons. The summed E-state index contributed by atoms with van der Waals surface area (Å²) in [7, 11) is 1.53. The van der Waals surface area contributed by atoms with Gasteiger partial charge in [-0.3, -0.25) is 0 Å². The highest BCUT2D eigenvalue weighted by Crippen LogP contribution is 2.03. The zero-order valence-electron chi connectivity index (χ0n) is 7.73. The molecule has 0 saturated heterocycles. The summed E-state index contributed by atoms with van der Waals surface area (Å²) >= 11 is 0. The van der Waals surface area contributed by atoms with Crippen molar-refractivity contribution in [3.63, 3.8) is 0 Å². The Morgan fingerprint density at radius 1 is 1.54 bits per heavy atom. The molecule has 0 amide bonds. The molecule has 0 atom stereocenters. The smallest absolute Gasteiger partial charge is 0.316 e. The first-order chi connectivity index (χ1) is 6.36. The van der Waals surface area contributed by atoms with Crippen LogP contribution in [0.15, 0.2) is 18.5 Å². The maximum absolute atomic E-state index is 5.03. The van der Waals surface area contributed by atoms with E-state index in [1.54, 1.807) is 24.6 Å². The van der Waals surface area contributed by atoms with Crippen LogP contribution in [0.3, 0.4) is 0 Å². The summed E-state index contributed by atoms with van der Waals surface area (Å²) in [5, 5.41) is 0. The maximum atomic E-state index is 5.03. The Balaban J connectivity index is 2.66. The Bertz CT molecular complexity index is 287. The molecule has 13 heavy (non-hydrogen) atoms. The zero-order chi connectivity index (χ0) is 9.52. The first kappa shape index (κ1) is 9.51. The zero-order valence-corrected chi connectivity index (χ0v) is 7.73. The van der Waals surface area contributed by atoms with Gasteiger partial charge in [0.05, 0.1) is 25.7 Å². The van der Waals surface area contributed by atoms with Crippen LogP contribution in [0.25, 0.3) is 6.08 Å². The molecular formula is C9H12N2O2. The predicted octanol–water partition coefficient (Wildman–Crippen LogP) is 1.49. The van der Waals surface area contributed by atoms with Crippen LogP contribution in [0, 0.1) is 0 Å². The highest BCUT2D eigenvalue weighted by atomic mass is 16.5. The van der Waals surface area contributed by atoms with Gasteiger partial charge in [0.25, 0.3) is 0 Å². The summed E-state index contributed by atoms with van der Waals surface area (Å²) in [5.41, 5.74) is 0.764. The van der Waals surface area contributed by atoms with E-state index in [1.165, 1.54) is 7.11 Å². The monoisotopic (exact) mass is 180 g/mol. The molecule has 0 spiro atoms. The molecule has 0 N–H and O–H groups in total. The largest absolute Gasteiger partial charge is 0.501 e. The topological polar surface area (TPSA) is 44.2 Å². The molecule has 0 aromatic carbocycles. The second kappa shape index (κ2) is 5.13. The molecule has 0 unspecified atom stereocenters. The van der Waals surface area contributed by atoms with Gasteiger partial charge in [0.1, 0.15) is 0 Å². The van der Waals surface area contributed by atoms with Crippen LogP contribution < -0.4 is 4.74 Å². The molecule has 0 aliphatic carbocycles. The van der Waals surface area contributed by atoms with Gasteiger partial charge in [0.15, 0.2) is 0 Å². The average molecular weight is 180 g/mol. The van der Waals surface area contributed by atoms with Crippen molar-refractivity contribution in [3.05, 3.63) is 24.2 Å². The number of aromatic nitrogens is 2. The van der Waals surface area contributed by atoms with Crippen molar-refractivity contribution in [2.75, 3.05) is 13.7 Å². The Labute approximate surface area is 77.2 Å². The number of ether oxygens (including phenoxy) is 2. The third kappa shape index (κ3) is 3.11. The summed E-state index contributed by atoms with van der Waals surface area (Å²) in [4.78, 5) is 7.94. The predicted molar refractivity (Wildman–Crippen MR) is 49.2 cm³/mol. The normalized spacial score (nSPS) is 10.3. The van der Waals surface area contributed by atoms with Crippen LogP contribution >= 0.6 is 0 Å². The third-order valence-corrected chi connectivity index (χ3v) is 1.34.